The molecule has 1 saturated carbocycles. The number of benzene rings is 1. The van der Waals surface area contributed by atoms with Crippen LogP contribution in [0.5, 0.6) is 5.75 Å². The molecule has 0 radical (unpaired) electrons. The van der Waals surface area contributed by atoms with Crippen LogP contribution in [0.1, 0.15) is 18.4 Å². The summed E-state index contributed by atoms with van der Waals surface area (Å²) >= 11 is 0. The third-order valence-corrected chi connectivity index (χ3v) is 4.06. The van der Waals surface area contributed by atoms with E-state index in [4.69, 9.17) is 15.2 Å². The monoisotopic (exact) mass is 219 g/mol. The first-order chi connectivity index (χ1) is 7.72. The molecule has 2 fully saturated rings. The molecule has 16 heavy (non-hydrogen) atoms. The van der Waals surface area contributed by atoms with Crippen LogP contribution in [-0.4, -0.2) is 25.9 Å². The zero-order chi connectivity index (χ0) is 11.2. The van der Waals surface area contributed by atoms with E-state index in [9.17, 15) is 0 Å². The van der Waals surface area contributed by atoms with Gasteiger partial charge in [0.05, 0.1) is 25.7 Å². The number of rotatable bonds is 3. The second kappa shape index (κ2) is 3.22. The van der Waals surface area contributed by atoms with Gasteiger partial charge in [0.15, 0.2) is 0 Å². The Morgan fingerprint density at radius 2 is 1.94 bits per heavy atom. The van der Waals surface area contributed by atoms with Crippen LogP contribution in [-0.2, 0) is 10.2 Å². The van der Waals surface area contributed by atoms with E-state index in [-0.39, 0.29) is 11.0 Å². The van der Waals surface area contributed by atoms with E-state index in [2.05, 4.69) is 6.07 Å². The number of methoxy groups -OCH3 is 1. The molecule has 3 rings (SSSR count). The zero-order valence-electron chi connectivity index (χ0n) is 9.53. The Hall–Kier alpha value is -1.06. The van der Waals surface area contributed by atoms with E-state index in [0.29, 0.717) is 0 Å². The predicted octanol–water partition coefficient (Wildman–Crippen LogP) is 1.45. The minimum atomic E-state index is -0.0696. The van der Waals surface area contributed by atoms with Crippen LogP contribution >= 0.6 is 0 Å². The Labute approximate surface area is 95.5 Å². The number of hydrogen-bond acceptors (Lipinski definition) is 3. The molecule has 0 unspecified atom stereocenters. The van der Waals surface area contributed by atoms with Crippen molar-refractivity contribution in [2.75, 3.05) is 20.3 Å². The first-order valence-corrected chi connectivity index (χ1v) is 5.72. The maximum Gasteiger partial charge on any atom is 0.122 e. The average molecular weight is 219 g/mol. The van der Waals surface area contributed by atoms with Crippen LogP contribution in [0.15, 0.2) is 24.3 Å². The lowest BCUT2D eigenvalue weighted by Gasteiger charge is -2.47. The highest BCUT2D eigenvalue weighted by Gasteiger charge is 2.62. The van der Waals surface area contributed by atoms with Crippen molar-refractivity contribution in [3.8, 4) is 5.75 Å². The first kappa shape index (κ1) is 10.1. The molecule has 2 aliphatic rings. The van der Waals surface area contributed by atoms with Gasteiger partial charge in [-0.05, 0) is 18.9 Å². The highest BCUT2D eigenvalue weighted by Crippen LogP contribution is 2.55. The lowest BCUT2D eigenvalue weighted by atomic mass is 9.70. The van der Waals surface area contributed by atoms with Gasteiger partial charge in [0.25, 0.3) is 0 Å². The minimum absolute atomic E-state index is 0.0143. The van der Waals surface area contributed by atoms with Gasteiger partial charge in [-0.2, -0.15) is 0 Å². The van der Waals surface area contributed by atoms with Gasteiger partial charge in [-0.3, -0.25) is 0 Å². The molecule has 0 atom stereocenters. The van der Waals surface area contributed by atoms with Crippen LogP contribution in [0.2, 0.25) is 0 Å². The SMILES string of the molecule is COc1ccccc1C1(C2(N)CC2)COC1. The minimum Gasteiger partial charge on any atom is -0.496 e. The summed E-state index contributed by atoms with van der Waals surface area (Å²) in [5.41, 5.74) is 7.53. The standard InChI is InChI=1S/C13H17NO2/c1-15-11-5-3-2-4-10(11)12(8-16-9-12)13(14)6-7-13/h2-5H,6-9,14H2,1H3. The summed E-state index contributed by atoms with van der Waals surface area (Å²) in [5, 5.41) is 0. The van der Waals surface area contributed by atoms with Crippen molar-refractivity contribution >= 4 is 0 Å². The summed E-state index contributed by atoms with van der Waals surface area (Å²) in [6.07, 6.45) is 2.18. The fourth-order valence-electron chi connectivity index (χ4n) is 2.67. The van der Waals surface area contributed by atoms with Gasteiger partial charge in [-0.15, -0.1) is 0 Å². The quantitative estimate of drug-likeness (QED) is 0.837. The second-order valence-electron chi connectivity index (χ2n) is 4.93. The van der Waals surface area contributed by atoms with E-state index in [0.717, 1.165) is 31.8 Å². The van der Waals surface area contributed by atoms with E-state index in [1.54, 1.807) is 7.11 Å². The molecule has 0 amide bonds. The third-order valence-electron chi connectivity index (χ3n) is 4.06. The number of para-hydroxylation sites is 1. The molecule has 3 nitrogen and oxygen atoms in total. The van der Waals surface area contributed by atoms with Gasteiger partial charge in [0.2, 0.25) is 0 Å². The van der Waals surface area contributed by atoms with Crippen molar-refractivity contribution < 1.29 is 9.47 Å². The number of hydrogen-bond donors (Lipinski definition) is 1. The van der Waals surface area contributed by atoms with E-state index < -0.39 is 0 Å². The Morgan fingerprint density at radius 1 is 1.25 bits per heavy atom. The lowest BCUT2D eigenvalue weighted by molar-refractivity contribution is -0.0795. The first-order valence-electron chi connectivity index (χ1n) is 5.72. The zero-order valence-corrected chi connectivity index (χ0v) is 9.53. The molecule has 0 spiro atoms. The Balaban J connectivity index is 2.07. The molecule has 1 aromatic rings. The van der Waals surface area contributed by atoms with Gasteiger partial charge >= 0.3 is 0 Å². The largest absolute Gasteiger partial charge is 0.496 e. The van der Waals surface area contributed by atoms with Gasteiger partial charge in [0, 0.05) is 11.1 Å². The van der Waals surface area contributed by atoms with Crippen molar-refractivity contribution in [1.82, 2.24) is 0 Å². The van der Waals surface area contributed by atoms with Crippen LogP contribution in [0.3, 0.4) is 0 Å². The summed E-state index contributed by atoms with van der Waals surface area (Å²) < 4.78 is 10.9. The van der Waals surface area contributed by atoms with Crippen molar-refractivity contribution in [1.29, 1.82) is 0 Å². The molecule has 0 bridgehead atoms. The molecule has 1 aliphatic heterocycles. The van der Waals surface area contributed by atoms with Crippen LogP contribution in [0.4, 0.5) is 0 Å². The summed E-state index contributed by atoms with van der Waals surface area (Å²) in [4.78, 5) is 0. The molecule has 86 valence electrons. The molecular weight excluding hydrogens is 202 g/mol. The molecular formula is C13H17NO2. The molecule has 1 aliphatic carbocycles. The van der Waals surface area contributed by atoms with Crippen molar-refractivity contribution in [3.05, 3.63) is 29.8 Å². The fourth-order valence-corrected chi connectivity index (χ4v) is 2.67. The van der Waals surface area contributed by atoms with Crippen LogP contribution in [0, 0.1) is 0 Å². The summed E-state index contributed by atoms with van der Waals surface area (Å²) in [7, 11) is 1.71. The highest BCUT2D eigenvalue weighted by atomic mass is 16.5. The second-order valence-corrected chi connectivity index (χ2v) is 4.93. The molecule has 2 N–H and O–H groups in total. The molecule has 1 aromatic carbocycles. The Morgan fingerprint density at radius 3 is 2.44 bits per heavy atom. The number of ether oxygens (including phenoxy) is 2. The van der Waals surface area contributed by atoms with E-state index in [1.807, 2.05) is 18.2 Å². The maximum absolute atomic E-state index is 6.41. The Bertz CT molecular complexity index is 408. The Kier molecular flexibility index (Phi) is 2.03. The molecule has 1 saturated heterocycles. The van der Waals surface area contributed by atoms with Gasteiger partial charge in [-0.1, -0.05) is 18.2 Å². The highest BCUT2D eigenvalue weighted by molar-refractivity contribution is 5.46. The van der Waals surface area contributed by atoms with E-state index >= 15 is 0 Å². The predicted molar refractivity (Wildman–Crippen MR) is 61.6 cm³/mol. The lowest BCUT2D eigenvalue weighted by Crippen LogP contribution is -2.60. The van der Waals surface area contributed by atoms with Gasteiger partial charge in [-0.25, -0.2) is 0 Å². The summed E-state index contributed by atoms with van der Waals surface area (Å²) in [6.45, 7) is 1.45. The van der Waals surface area contributed by atoms with Crippen LogP contribution in [0.25, 0.3) is 0 Å². The summed E-state index contributed by atoms with van der Waals surface area (Å²) in [5.74, 6) is 0.933. The van der Waals surface area contributed by atoms with E-state index in [1.165, 1.54) is 5.56 Å². The smallest absolute Gasteiger partial charge is 0.122 e. The van der Waals surface area contributed by atoms with Gasteiger partial charge < -0.3 is 15.2 Å². The fraction of sp³-hybridized carbons (Fsp3) is 0.538. The van der Waals surface area contributed by atoms with Crippen LogP contribution < -0.4 is 10.5 Å². The van der Waals surface area contributed by atoms with Gasteiger partial charge in [0.1, 0.15) is 5.75 Å². The number of nitrogens with two attached hydrogens (primary N) is 1. The molecule has 3 heteroatoms. The topological polar surface area (TPSA) is 44.5 Å². The van der Waals surface area contributed by atoms with Crippen molar-refractivity contribution in [2.24, 2.45) is 5.73 Å². The molecule has 0 aromatic heterocycles. The molecule has 1 heterocycles. The normalized spacial score (nSPS) is 24.6. The third kappa shape index (κ3) is 1.16. The maximum atomic E-state index is 6.41. The van der Waals surface area contributed by atoms with Crippen molar-refractivity contribution in [2.45, 2.75) is 23.8 Å². The summed E-state index contributed by atoms with van der Waals surface area (Å²) in [6, 6.07) is 8.16. The van der Waals surface area contributed by atoms with Crippen molar-refractivity contribution in [3.63, 3.8) is 0 Å². The average Bonchev–Trinajstić information content (AvgIpc) is 2.96.